The zero-order chi connectivity index (χ0) is 22.1. The number of hydrogen-bond donors (Lipinski definition) is 2. The molecule has 0 aromatic heterocycles. The molecule has 0 aliphatic carbocycles. The van der Waals surface area contributed by atoms with Gasteiger partial charge in [0.25, 0.3) is 0 Å². The van der Waals surface area contributed by atoms with E-state index in [0.717, 1.165) is 0 Å². The third-order valence-corrected chi connectivity index (χ3v) is 3.13. The topological polar surface area (TPSA) is 134 Å². The first-order valence-electron chi connectivity index (χ1n) is 9.00. The van der Waals surface area contributed by atoms with Crippen molar-refractivity contribution in [1.82, 2.24) is 9.80 Å². The van der Waals surface area contributed by atoms with Crippen LogP contribution in [0.2, 0.25) is 0 Å². The molecule has 2 N–H and O–H groups in total. The molecule has 28 heavy (non-hydrogen) atoms. The van der Waals surface area contributed by atoms with Crippen molar-refractivity contribution in [3.05, 3.63) is 0 Å². The Labute approximate surface area is 165 Å². The van der Waals surface area contributed by atoms with Crippen LogP contribution in [-0.2, 0) is 19.1 Å². The molecule has 162 valence electrons. The number of carbonyl (C=O) groups excluding carboxylic acids is 2. The molecule has 0 radical (unpaired) electrons. The van der Waals surface area contributed by atoms with Gasteiger partial charge in [-0.1, -0.05) is 0 Å². The highest BCUT2D eigenvalue weighted by Crippen LogP contribution is 2.13. The smallest absolute Gasteiger partial charge is 0.410 e. The predicted molar refractivity (Wildman–Crippen MR) is 100 cm³/mol. The molecule has 0 aliphatic rings. The van der Waals surface area contributed by atoms with Gasteiger partial charge in [0.15, 0.2) is 0 Å². The molecule has 0 unspecified atom stereocenters. The van der Waals surface area contributed by atoms with Gasteiger partial charge in [-0.15, -0.1) is 0 Å². The number of carboxylic acids is 2. The van der Waals surface area contributed by atoms with Crippen LogP contribution in [-0.4, -0.2) is 81.5 Å². The Balaban J connectivity index is 5.18. The molecule has 0 bridgehead atoms. The van der Waals surface area contributed by atoms with Crippen LogP contribution >= 0.6 is 0 Å². The molecule has 0 atom stereocenters. The maximum Gasteiger partial charge on any atom is 0.410 e. The van der Waals surface area contributed by atoms with E-state index in [-0.39, 0.29) is 39.0 Å². The van der Waals surface area contributed by atoms with Crippen molar-refractivity contribution in [1.29, 1.82) is 0 Å². The van der Waals surface area contributed by atoms with Crippen molar-refractivity contribution < 1.29 is 38.9 Å². The van der Waals surface area contributed by atoms with Crippen molar-refractivity contribution in [3.63, 3.8) is 0 Å². The monoisotopic (exact) mass is 404 g/mol. The molecule has 0 aromatic carbocycles. The molecular formula is C18H32N2O8. The number of nitrogens with zero attached hydrogens (tertiary/aromatic N) is 2. The van der Waals surface area contributed by atoms with Crippen LogP contribution in [0.3, 0.4) is 0 Å². The van der Waals surface area contributed by atoms with E-state index < -0.39 is 35.3 Å². The van der Waals surface area contributed by atoms with E-state index in [1.807, 2.05) is 0 Å². The summed E-state index contributed by atoms with van der Waals surface area (Å²) < 4.78 is 10.5. The molecule has 0 saturated heterocycles. The Morgan fingerprint density at radius 2 is 0.929 bits per heavy atom. The first-order valence-corrected chi connectivity index (χ1v) is 9.00. The summed E-state index contributed by atoms with van der Waals surface area (Å²) in [6.07, 6.45) is -2.01. The molecular weight excluding hydrogens is 372 g/mol. The van der Waals surface area contributed by atoms with Crippen molar-refractivity contribution >= 4 is 24.1 Å². The minimum Gasteiger partial charge on any atom is -0.481 e. The lowest BCUT2D eigenvalue weighted by Crippen LogP contribution is -2.45. The number of amides is 2. The average Bonchev–Trinajstić information content (AvgIpc) is 2.45. The first-order chi connectivity index (χ1) is 12.6. The highest BCUT2D eigenvalue weighted by atomic mass is 16.6. The summed E-state index contributed by atoms with van der Waals surface area (Å²) in [5.74, 6) is -2.16. The fraction of sp³-hybridized carbons (Fsp3) is 0.778. The average molecular weight is 404 g/mol. The minimum absolute atomic E-state index is 0.0267. The summed E-state index contributed by atoms with van der Waals surface area (Å²) in [5.41, 5.74) is -1.54. The van der Waals surface area contributed by atoms with Crippen molar-refractivity contribution in [2.45, 2.75) is 65.6 Å². The van der Waals surface area contributed by atoms with E-state index >= 15 is 0 Å². The third kappa shape index (κ3) is 12.8. The molecule has 0 spiro atoms. The Hall–Kier alpha value is -2.52. The summed E-state index contributed by atoms with van der Waals surface area (Å²) in [7, 11) is 0. The minimum atomic E-state index is -1.08. The van der Waals surface area contributed by atoms with Crippen LogP contribution in [0.15, 0.2) is 0 Å². The Kier molecular flexibility index (Phi) is 9.76. The molecule has 0 saturated carbocycles. The van der Waals surface area contributed by atoms with Crippen molar-refractivity contribution in [2.75, 3.05) is 26.2 Å². The molecule has 2 amide bonds. The third-order valence-electron chi connectivity index (χ3n) is 3.13. The van der Waals surface area contributed by atoms with Crippen molar-refractivity contribution in [3.8, 4) is 0 Å². The zero-order valence-corrected chi connectivity index (χ0v) is 17.5. The zero-order valence-electron chi connectivity index (χ0n) is 17.5. The fourth-order valence-electron chi connectivity index (χ4n) is 1.94. The van der Waals surface area contributed by atoms with E-state index in [0.29, 0.717) is 0 Å². The van der Waals surface area contributed by atoms with Gasteiger partial charge >= 0.3 is 24.1 Å². The summed E-state index contributed by atoms with van der Waals surface area (Å²) in [6.45, 7) is 9.82. The summed E-state index contributed by atoms with van der Waals surface area (Å²) in [4.78, 5) is 48.7. The van der Waals surface area contributed by atoms with Crippen LogP contribution in [0, 0.1) is 0 Å². The first kappa shape index (κ1) is 25.5. The summed E-state index contributed by atoms with van der Waals surface area (Å²) in [6, 6.07) is 0. The van der Waals surface area contributed by atoms with E-state index in [1.165, 1.54) is 9.80 Å². The number of carboxylic acid groups (broad SMARTS) is 2. The van der Waals surface area contributed by atoms with Gasteiger partial charge < -0.3 is 29.5 Å². The van der Waals surface area contributed by atoms with Gasteiger partial charge in [-0.25, -0.2) is 9.59 Å². The Bertz CT molecular complexity index is 513. The van der Waals surface area contributed by atoms with Gasteiger partial charge in [0.05, 0.1) is 12.8 Å². The van der Waals surface area contributed by atoms with Crippen molar-refractivity contribution in [2.24, 2.45) is 0 Å². The molecule has 0 rings (SSSR count). The highest BCUT2D eigenvalue weighted by Gasteiger charge is 2.26. The number of ether oxygens (including phenoxy) is 2. The van der Waals surface area contributed by atoms with Gasteiger partial charge in [-0.2, -0.15) is 0 Å². The normalized spacial score (nSPS) is 11.5. The van der Waals surface area contributed by atoms with Crippen LogP contribution in [0.4, 0.5) is 9.59 Å². The molecule has 0 fully saturated rings. The molecule has 0 heterocycles. The highest BCUT2D eigenvalue weighted by molar-refractivity contribution is 5.72. The van der Waals surface area contributed by atoms with Crippen LogP contribution in [0.25, 0.3) is 0 Å². The largest absolute Gasteiger partial charge is 0.481 e. The Morgan fingerprint density at radius 3 is 1.14 bits per heavy atom. The van der Waals surface area contributed by atoms with Gasteiger partial charge in [0.1, 0.15) is 11.2 Å². The fourth-order valence-corrected chi connectivity index (χ4v) is 1.94. The number of hydrogen-bond acceptors (Lipinski definition) is 6. The number of rotatable bonds is 9. The van der Waals surface area contributed by atoms with Gasteiger partial charge in [-0.3, -0.25) is 9.59 Å². The number of aliphatic carboxylic acids is 2. The molecule has 10 heteroatoms. The van der Waals surface area contributed by atoms with Crippen LogP contribution in [0.1, 0.15) is 54.4 Å². The lowest BCUT2D eigenvalue weighted by Gasteiger charge is -2.31. The lowest BCUT2D eigenvalue weighted by molar-refractivity contribution is -0.138. The summed E-state index contributed by atoms with van der Waals surface area (Å²) in [5, 5.41) is 17.8. The maximum absolute atomic E-state index is 12.3. The predicted octanol–water partition coefficient (Wildman–Crippen LogP) is 2.41. The van der Waals surface area contributed by atoms with Gasteiger partial charge in [0, 0.05) is 26.2 Å². The second-order valence-electron chi connectivity index (χ2n) is 8.22. The summed E-state index contributed by atoms with van der Waals surface area (Å²) >= 11 is 0. The van der Waals surface area contributed by atoms with Gasteiger partial charge in [-0.05, 0) is 41.5 Å². The quantitative estimate of drug-likeness (QED) is 0.598. The SMILES string of the molecule is CC(C)(C)OC(=O)N(CCC(=O)O)CCN(CCC(=O)O)C(=O)OC(C)(C)C. The maximum atomic E-state index is 12.3. The van der Waals surface area contributed by atoms with E-state index in [2.05, 4.69) is 0 Å². The molecule has 0 aromatic rings. The molecule has 0 aliphatic heterocycles. The van der Waals surface area contributed by atoms with E-state index in [9.17, 15) is 19.2 Å². The lowest BCUT2D eigenvalue weighted by atomic mass is 10.2. The van der Waals surface area contributed by atoms with Crippen LogP contribution in [0.5, 0.6) is 0 Å². The number of carbonyl (C=O) groups is 4. The standard InChI is InChI=1S/C18H32N2O8/c1-17(2,3)27-15(25)19(9-7-13(21)22)11-12-20(10-8-14(23)24)16(26)28-18(4,5)6/h7-12H2,1-6H3,(H,21,22)(H,23,24). The van der Waals surface area contributed by atoms with E-state index in [1.54, 1.807) is 41.5 Å². The second kappa shape index (κ2) is 10.7. The molecule has 10 nitrogen and oxygen atoms in total. The van der Waals surface area contributed by atoms with Crippen LogP contribution < -0.4 is 0 Å². The van der Waals surface area contributed by atoms with Gasteiger partial charge in [0.2, 0.25) is 0 Å². The second-order valence-corrected chi connectivity index (χ2v) is 8.22. The van der Waals surface area contributed by atoms with E-state index in [4.69, 9.17) is 19.7 Å². The Morgan fingerprint density at radius 1 is 0.643 bits per heavy atom.